The lowest BCUT2D eigenvalue weighted by atomic mass is 10.0. The van der Waals surface area contributed by atoms with E-state index in [1.807, 2.05) is 47.4 Å². The molecule has 0 atom stereocenters. The summed E-state index contributed by atoms with van der Waals surface area (Å²) in [5, 5.41) is 1.01. The summed E-state index contributed by atoms with van der Waals surface area (Å²) in [4.78, 5) is 23.2. The Morgan fingerprint density at radius 3 is 2.54 bits per heavy atom. The molecule has 1 saturated heterocycles. The monoisotopic (exact) mass is 319 g/mol. The molecule has 5 heteroatoms. The molecule has 1 aliphatic rings. The minimum absolute atomic E-state index is 0.0531. The normalized spacial score (nSPS) is 14.8. The fourth-order valence-corrected chi connectivity index (χ4v) is 2.95. The van der Waals surface area contributed by atoms with Gasteiger partial charge < -0.3 is 9.64 Å². The average Bonchev–Trinajstić information content (AvgIpc) is 2.68. The molecule has 0 saturated carbocycles. The van der Waals surface area contributed by atoms with Crippen molar-refractivity contribution in [1.29, 1.82) is 0 Å². The van der Waals surface area contributed by atoms with Crippen molar-refractivity contribution in [2.24, 2.45) is 0 Å². The zero-order valence-electron chi connectivity index (χ0n) is 13.2. The van der Waals surface area contributed by atoms with Crippen LogP contribution in [-0.2, 0) is 4.74 Å². The number of carbonyl (C=O) groups excluding carboxylic acids is 1. The number of benzene rings is 1. The van der Waals surface area contributed by atoms with E-state index in [0.29, 0.717) is 31.9 Å². The molecule has 5 nitrogen and oxygen atoms in total. The minimum atomic E-state index is 0.0531. The van der Waals surface area contributed by atoms with Gasteiger partial charge in [-0.2, -0.15) is 0 Å². The molecule has 0 unspecified atom stereocenters. The molecule has 1 aromatic carbocycles. The lowest BCUT2D eigenvalue weighted by Gasteiger charge is -2.26. The van der Waals surface area contributed by atoms with Crippen LogP contribution in [0, 0.1) is 0 Å². The van der Waals surface area contributed by atoms with E-state index in [0.717, 1.165) is 22.2 Å². The van der Waals surface area contributed by atoms with Gasteiger partial charge in [0.25, 0.3) is 5.91 Å². The molecule has 0 spiro atoms. The Bertz CT molecular complexity index is 866. The van der Waals surface area contributed by atoms with Gasteiger partial charge in [0.1, 0.15) is 0 Å². The smallest absolute Gasteiger partial charge is 0.254 e. The zero-order valence-corrected chi connectivity index (χ0v) is 13.2. The van der Waals surface area contributed by atoms with Crippen LogP contribution in [0.25, 0.3) is 22.2 Å². The molecular formula is C19H17N3O2. The fraction of sp³-hybridized carbons (Fsp3) is 0.211. The van der Waals surface area contributed by atoms with Gasteiger partial charge in [-0.25, -0.2) is 0 Å². The second kappa shape index (κ2) is 6.37. The topological polar surface area (TPSA) is 55.3 Å². The molecule has 120 valence electrons. The van der Waals surface area contributed by atoms with Crippen molar-refractivity contribution in [1.82, 2.24) is 14.9 Å². The van der Waals surface area contributed by atoms with E-state index in [2.05, 4.69) is 9.97 Å². The van der Waals surface area contributed by atoms with Crippen LogP contribution in [0.1, 0.15) is 10.4 Å². The molecule has 4 rings (SSSR count). The lowest BCUT2D eigenvalue weighted by Crippen LogP contribution is -2.40. The first kappa shape index (κ1) is 14.8. The summed E-state index contributed by atoms with van der Waals surface area (Å²) in [5.41, 5.74) is 3.47. The van der Waals surface area contributed by atoms with Crippen LogP contribution in [0.15, 0.2) is 54.9 Å². The van der Waals surface area contributed by atoms with Crippen molar-refractivity contribution < 1.29 is 9.53 Å². The maximum atomic E-state index is 12.5. The van der Waals surface area contributed by atoms with Gasteiger partial charge in [0.2, 0.25) is 0 Å². The number of rotatable bonds is 2. The highest BCUT2D eigenvalue weighted by atomic mass is 16.5. The third-order valence-electron chi connectivity index (χ3n) is 4.23. The molecule has 0 aliphatic carbocycles. The average molecular weight is 319 g/mol. The van der Waals surface area contributed by atoms with Crippen LogP contribution in [0.4, 0.5) is 0 Å². The van der Waals surface area contributed by atoms with E-state index in [1.54, 1.807) is 12.4 Å². The summed E-state index contributed by atoms with van der Waals surface area (Å²) in [5.74, 6) is 0.0531. The highest BCUT2D eigenvalue weighted by Crippen LogP contribution is 2.25. The molecular weight excluding hydrogens is 302 g/mol. The predicted octanol–water partition coefficient (Wildman–Crippen LogP) is 2.77. The number of pyridine rings is 2. The van der Waals surface area contributed by atoms with E-state index >= 15 is 0 Å². The SMILES string of the molecule is O=C(c1ccc(-c2nccc3ncccc23)cc1)N1CCOCC1. The van der Waals surface area contributed by atoms with Gasteiger partial charge in [0.05, 0.1) is 24.4 Å². The summed E-state index contributed by atoms with van der Waals surface area (Å²) in [6.07, 6.45) is 3.54. The van der Waals surface area contributed by atoms with Crippen LogP contribution >= 0.6 is 0 Å². The van der Waals surface area contributed by atoms with E-state index in [4.69, 9.17) is 4.74 Å². The highest BCUT2D eigenvalue weighted by molar-refractivity contribution is 5.96. The van der Waals surface area contributed by atoms with Crippen molar-refractivity contribution in [2.75, 3.05) is 26.3 Å². The maximum Gasteiger partial charge on any atom is 0.254 e. The second-order valence-electron chi connectivity index (χ2n) is 5.71. The van der Waals surface area contributed by atoms with E-state index < -0.39 is 0 Å². The van der Waals surface area contributed by atoms with Crippen molar-refractivity contribution >= 4 is 16.8 Å². The molecule has 1 amide bonds. The number of carbonyl (C=O) groups is 1. The Kier molecular flexibility index (Phi) is 3.92. The molecule has 0 N–H and O–H groups in total. The van der Waals surface area contributed by atoms with E-state index in [1.165, 1.54) is 0 Å². The van der Waals surface area contributed by atoms with Crippen LogP contribution in [0.3, 0.4) is 0 Å². The summed E-state index contributed by atoms with van der Waals surface area (Å²) in [6, 6.07) is 13.4. The standard InChI is InChI=1S/C19H17N3O2/c23-19(22-10-12-24-13-11-22)15-5-3-14(4-6-15)18-16-2-1-8-20-17(16)7-9-21-18/h1-9H,10-13H2. The summed E-state index contributed by atoms with van der Waals surface area (Å²) in [6.45, 7) is 2.52. The third kappa shape index (κ3) is 2.74. The maximum absolute atomic E-state index is 12.5. The Labute approximate surface area is 139 Å². The molecule has 1 aliphatic heterocycles. The molecule has 0 bridgehead atoms. The first-order chi connectivity index (χ1) is 11.8. The van der Waals surface area contributed by atoms with Crippen LogP contribution in [0.2, 0.25) is 0 Å². The van der Waals surface area contributed by atoms with Crippen molar-refractivity contribution in [3.05, 3.63) is 60.4 Å². The lowest BCUT2D eigenvalue weighted by molar-refractivity contribution is 0.0303. The molecule has 0 radical (unpaired) electrons. The van der Waals surface area contributed by atoms with Crippen LogP contribution < -0.4 is 0 Å². The number of amides is 1. The summed E-state index contributed by atoms with van der Waals surface area (Å²) in [7, 11) is 0. The van der Waals surface area contributed by atoms with Gasteiger partial charge in [-0.05, 0) is 30.3 Å². The quantitative estimate of drug-likeness (QED) is 0.729. The highest BCUT2D eigenvalue weighted by Gasteiger charge is 2.18. The number of fused-ring (bicyclic) bond motifs is 1. The molecule has 3 aromatic rings. The molecule has 24 heavy (non-hydrogen) atoms. The van der Waals surface area contributed by atoms with Gasteiger partial charge in [-0.15, -0.1) is 0 Å². The number of nitrogens with zero attached hydrogens (tertiary/aromatic N) is 3. The number of ether oxygens (including phenoxy) is 1. The van der Waals surface area contributed by atoms with Gasteiger partial charge >= 0.3 is 0 Å². The number of morpholine rings is 1. The molecule has 2 aromatic heterocycles. The van der Waals surface area contributed by atoms with E-state index in [-0.39, 0.29) is 5.91 Å². The van der Waals surface area contributed by atoms with Crippen molar-refractivity contribution in [3.63, 3.8) is 0 Å². The Hall–Kier alpha value is -2.79. The predicted molar refractivity (Wildman–Crippen MR) is 91.7 cm³/mol. The largest absolute Gasteiger partial charge is 0.378 e. The summed E-state index contributed by atoms with van der Waals surface area (Å²) < 4.78 is 5.30. The van der Waals surface area contributed by atoms with Gasteiger partial charge in [0.15, 0.2) is 0 Å². The van der Waals surface area contributed by atoms with Crippen molar-refractivity contribution in [3.8, 4) is 11.3 Å². The first-order valence-electron chi connectivity index (χ1n) is 8.00. The fourth-order valence-electron chi connectivity index (χ4n) is 2.95. The molecule has 3 heterocycles. The first-order valence-corrected chi connectivity index (χ1v) is 8.00. The zero-order chi connectivity index (χ0) is 16.4. The second-order valence-corrected chi connectivity index (χ2v) is 5.71. The minimum Gasteiger partial charge on any atom is -0.378 e. The number of aromatic nitrogens is 2. The Morgan fingerprint density at radius 2 is 1.75 bits per heavy atom. The summed E-state index contributed by atoms with van der Waals surface area (Å²) >= 11 is 0. The molecule has 1 fully saturated rings. The van der Waals surface area contributed by atoms with Crippen LogP contribution in [0.5, 0.6) is 0 Å². The van der Waals surface area contributed by atoms with Gasteiger partial charge in [-0.3, -0.25) is 14.8 Å². The Balaban J connectivity index is 1.64. The van der Waals surface area contributed by atoms with Crippen molar-refractivity contribution in [2.45, 2.75) is 0 Å². The van der Waals surface area contributed by atoms with Crippen LogP contribution in [-0.4, -0.2) is 47.1 Å². The Morgan fingerprint density at radius 1 is 0.958 bits per heavy atom. The number of hydrogen-bond donors (Lipinski definition) is 0. The van der Waals surface area contributed by atoms with Gasteiger partial charge in [-0.1, -0.05) is 12.1 Å². The number of hydrogen-bond acceptors (Lipinski definition) is 4. The van der Waals surface area contributed by atoms with E-state index in [9.17, 15) is 4.79 Å². The third-order valence-corrected chi connectivity index (χ3v) is 4.23. The van der Waals surface area contributed by atoms with Gasteiger partial charge in [0, 0.05) is 42.0 Å².